The first-order chi connectivity index (χ1) is 16.1. The summed E-state index contributed by atoms with van der Waals surface area (Å²) in [5.74, 6) is 1.86. The van der Waals surface area contributed by atoms with Crippen LogP contribution in [0.1, 0.15) is 64.0 Å². The molecule has 4 heterocycles. The summed E-state index contributed by atoms with van der Waals surface area (Å²) in [5.41, 5.74) is 2.38. The van der Waals surface area contributed by atoms with E-state index in [1.54, 1.807) is 6.92 Å². The van der Waals surface area contributed by atoms with Crippen LogP contribution in [0.3, 0.4) is 0 Å². The largest absolute Gasteiger partial charge is 0.355 e. The fourth-order valence-electron chi connectivity index (χ4n) is 5.74. The summed E-state index contributed by atoms with van der Waals surface area (Å²) in [7, 11) is 0. The van der Waals surface area contributed by atoms with Crippen molar-refractivity contribution in [1.29, 1.82) is 0 Å². The van der Waals surface area contributed by atoms with Crippen LogP contribution in [0.25, 0.3) is 0 Å². The molecule has 0 N–H and O–H groups in total. The van der Waals surface area contributed by atoms with E-state index in [1.807, 2.05) is 42.4 Å². The lowest BCUT2D eigenvalue weighted by molar-refractivity contribution is -0.127. The average Bonchev–Trinajstić information content (AvgIpc) is 3.63. The van der Waals surface area contributed by atoms with E-state index >= 15 is 0 Å². The highest BCUT2D eigenvalue weighted by atomic mass is 16.2. The minimum atomic E-state index is 0.136. The topological polar surface area (TPSA) is 52.6 Å². The number of allylic oxidation sites excluding steroid dienone is 4. The van der Waals surface area contributed by atoms with Gasteiger partial charge in [-0.15, -0.1) is 0 Å². The molecule has 33 heavy (non-hydrogen) atoms. The average molecular weight is 448 g/mol. The molecule has 176 valence electrons. The van der Waals surface area contributed by atoms with Crippen molar-refractivity contribution in [3.05, 3.63) is 54.2 Å². The standard InChI is InChI=1S/C27H37N5O/c1-3-4-5-6-24-17-27(20-32(24)21(2)33)11-15-30(16-12-27)23-9-13-31(14-10-23)26-19-28-18-25(29-26)22-7-8-22/h3-6,17-19,22-23H,7-16,20H2,1-2H3/b4-3-,6-5-. The predicted octanol–water partition coefficient (Wildman–Crippen LogP) is 4.28. The SMILES string of the molecule is C/C=C\C=C/C1=CC2(CCN(C3CCN(c4cncc(C5CC5)n4)CC3)CC2)CN1C(C)=O. The normalized spacial score (nSPS) is 24.4. The fraction of sp³-hybridized carbons (Fsp3) is 0.593. The molecule has 2 saturated heterocycles. The Kier molecular flexibility index (Phi) is 6.37. The van der Waals surface area contributed by atoms with Gasteiger partial charge in [-0.05, 0) is 64.6 Å². The highest BCUT2D eigenvalue weighted by Gasteiger charge is 2.42. The van der Waals surface area contributed by atoms with E-state index in [0.717, 1.165) is 57.1 Å². The van der Waals surface area contributed by atoms with E-state index in [2.05, 4.69) is 26.9 Å². The molecule has 1 aromatic rings. The highest BCUT2D eigenvalue weighted by molar-refractivity contribution is 5.77. The molecule has 1 aromatic heterocycles. The van der Waals surface area contributed by atoms with Crippen molar-refractivity contribution in [3.8, 4) is 0 Å². The van der Waals surface area contributed by atoms with E-state index in [4.69, 9.17) is 4.98 Å². The minimum Gasteiger partial charge on any atom is -0.355 e. The van der Waals surface area contributed by atoms with Crippen molar-refractivity contribution in [1.82, 2.24) is 19.8 Å². The molecule has 3 fully saturated rings. The van der Waals surface area contributed by atoms with E-state index in [9.17, 15) is 4.79 Å². The Bertz CT molecular complexity index is 947. The lowest BCUT2D eigenvalue weighted by Gasteiger charge is -2.44. The van der Waals surface area contributed by atoms with Crippen molar-refractivity contribution in [3.63, 3.8) is 0 Å². The van der Waals surface area contributed by atoms with Crippen LogP contribution in [0.2, 0.25) is 0 Å². The van der Waals surface area contributed by atoms with Gasteiger partial charge in [-0.2, -0.15) is 0 Å². The molecule has 1 spiro atoms. The fourth-order valence-corrected chi connectivity index (χ4v) is 5.74. The molecule has 6 heteroatoms. The van der Waals surface area contributed by atoms with Crippen LogP contribution in [-0.4, -0.2) is 64.4 Å². The molecule has 0 bridgehead atoms. The van der Waals surface area contributed by atoms with Gasteiger partial charge in [0.15, 0.2) is 0 Å². The van der Waals surface area contributed by atoms with E-state index < -0.39 is 0 Å². The van der Waals surface area contributed by atoms with E-state index in [-0.39, 0.29) is 11.3 Å². The molecule has 0 radical (unpaired) electrons. The third-order valence-corrected chi connectivity index (χ3v) is 7.92. The van der Waals surface area contributed by atoms with Crippen molar-refractivity contribution >= 4 is 11.7 Å². The molecule has 1 aliphatic carbocycles. The zero-order chi connectivity index (χ0) is 22.8. The van der Waals surface area contributed by atoms with Crippen LogP contribution in [0, 0.1) is 5.41 Å². The second-order valence-electron chi connectivity index (χ2n) is 10.3. The molecule has 4 aliphatic rings. The first kappa shape index (κ1) is 22.3. The first-order valence-corrected chi connectivity index (χ1v) is 12.7. The van der Waals surface area contributed by atoms with Gasteiger partial charge in [0.2, 0.25) is 5.91 Å². The molecule has 1 amide bonds. The third kappa shape index (κ3) is 4.91. The molecule has 0 aromatic carbocycles. The van der Waals surface area contributed by atoms with Crippen LogP contribution in [0.4, 0.5) is 5.82 Å². The van der Waals surface area contributed by atoms with Crippen molar-refractivity contribution in [2.24, 2.45) is 5.41 Å². The lowest BCUT2D eigenvalue weighted by atomic mass is 9.78. The zero-order valence-electron chi connectivity index (χ0n) is 20.1. The van der Waals surface area contributed by atoms with E-state index in [1.165, 1.54) is 31.4 Å². The lowest BCUT2D eigenvalue weighted by Crippen LogP contribution is -2.50. The molecule has 0 atom stereocenters. The summed E-state index contributed by atoms with van der Waals surface area (Å²) in [5, 5.41) is 0. The number of aromatic nitrogens is 2. The van der Waals surface area contributed by atoms with Crippen molar-refractivity contribution < 1.29 is 4.79 Å². The van der Waals surface area contributed by atoms with Gasteiger partial charge in [-0.25, -0.2) is 4.98 Å². The van der Waals surface area contributed by atoms with Gasteiger partial charge < -0.3 is 14.7 Å². The zero-order valence-corrected chi connectivity index (χ0v) is 20.1. The van der Waals surface area contributed by atoms with Crippen LogP contribution in [-0.2, 0) is 4.79 Å². The summed E-state index contributed by atoms with van der Waals surface area (Å²) < 4.78 is 0. The number of rotatable bonds is 5. The summed E-state index contributed by atoms with van der Waals surface area (Å²) in [6, 6.07) is 0.654. The van der Waals surface area contributed by atoms with Gasteiger partial charge in [0.1, 0.15) is 5.82 Å². The van der Waals surface area contributed by atoms with Crippen LogP contribution >= 0.6 is 0 Å². The maximum Gasteiger partial charge on any atom is 0.223 e. The maximum atomic E-state index is 12.2. The number of carbonyl (C=O) groups excluding carboxylic acids is 1. The van der Waals surface area contributed by atoms with Gasteiger partial charge in [-0.1, -0.05) is 24.3 Å². The van der Waals surface area contributed by atoms with Crippen LogP contribution in [0.5, 0.6) is 0 Å². The monoisotopic (exact) mass is 447 g/mol. The van der Waals surface area contributed by atoms with Gasteiger partial charge >= 0.3 is 0 Å². The molecule has 0 unspecified atom stereocenters. The Balaban J connectivity index is 1.16. The van der Waals surface area contributed by atoms with E-state index in [0.29, 0.717) is 12.0 Å². The molecule has 6 nitrogen and oxygen atoms in total. The van der Waals surface area contributed by atoms with Crippen LogP contribution in [0.15, 0.2) is 48.5 Å². The Labute approximate surface area is 198 Å². The number of likely N-dealkylation sites (tertiary alicyclic amines) is 1. The summed E-state index contributed by atoms with van der Waals surface area (Å²) in [6.07, 6.45) is 21.6. The quantitative estimate of drug-likeness (QED) is 0.631. The summed E-state index contributed by atoms with van der Waals surface area (Å²) in [6.45, 7) is 8.89. The number of anilines is 1. The third-order valence-electron chi connectivity index (χ3n) is 7.92. The van der Waals surface area contributed by atoms with Gasteiger partial charge in [-0.3, -0.25) is 9.78 Å². The number of amides is 1. The molecule has 1 saturated carbocycles. The van der Waals surface area contributed by atoms with Gasteiger partial charge in [0.25, 0.3) is 0 Å². The van der Waals surface area contributed by atoms with Gasteiger partial charge in [0, 0.05) is 55.8 Å². The number of piperidine rings is 2. The Morgan fingerprint density at radius 1 is 1.06 bits per heavy atom. The summed E-state index contributed by atoms with van der Waals surface area (Å²) >= 11 is 0. The number of hydrogen-bond acceptors (Lipinski definition) is 5. The molecule has 5 rings (SSSR count). The van der Waals surface area contributed by atoms with Crippen molar-refractivity contribution in [2.75, 3.05) is 37.6 Å². The predicted molar refractivity (Wildman–Crippen MR) is 132 cm³/mol. The first-order valence-electron chi connectivity index (χ1n) is 12.7. The second kappa shape index (κ2) is 9.41. The number of hydrogen-bond donors (Lipinski definition) is 0. The highest BCUT2D eigenvalue weighted by Crippen LogP contribution is 2.42. The van der Waals surface area contributed by atoms with Crippen LogP contribution < -0.4 is 4.90 Å². The Hall–Kier alpha value is -2.47. The molecular weight excluding hydrogens is 410 g/mol. The van der Waals surface area contributed by atoms with Crippen molar-refractivity contribution in [2.45, 2.75) is 64.3 Å². The smallest absolute Gasteiger partial charge is 0.223 e. The molecule has 3 aliphatic heterocycles. The van der Waals surface area contributed by atoms with Gasteiger partial charge in [0.05, 0.1) is 11.9 Å². The summed E-state index contributed by atoms with van der Waals surface area (Å²) in [4.78, 5) is 28.7. The second-order valence-corrected chi connectivity index (χ2v) is 10.3. The minimum absolute atomic E-state index is 0.136. The number of carbonyl (C=O) groups is 1. The Morgan fingerprint density at radius 3 is 2.48 bits per heavy atom. The number of nitrogens with zero attached hydrogens (tertiary/aromatic N) is 5. The maximum absolute atomic E-state index is 12.2. The molecular formula is C27H37N5O. The Morgan fingerprint density at radius 2 is 1.82 bits per heavy atom.